The second-order valence-corrected chi connectivity index (χ2v) is 23.3. The second-order valence-electron chi connectivity index (χ2n) is 23.3. The zero-order valence-electron chi connectivity index (χ0n) is 42.2. The number of rotatable bonds is 3. The fourth-order valence-corrected chi connectivity index (χ4v) is 14.3. The monoisotopic (exact) mass is 917 g/mol. The van der Waals surface area contributed by atoms with E-state index in [-0.39, 0.29) is 21.7 Å². The molecule has 0 saturated heterocycles. The van der Waals surface area contributed by atoms with E-state index in [1.807, 2.05) is 0 Å². The van der Waals surface area contributed by atoms with Crippen LogP contribution >= 0.6 is 0 Å². The minimum absolute atomic E-state index is 0.179. The van der Waals surface area contributed by atoms with E-state index in [2.05, 4.69) is 226 Å². The van der Waals surface area contributed by atoms with Crippen molar-refractivity contribution in [3.05, 3.63) is 207 Å². The van der Waals surface area contributed by atoms with E-state index in [4.69, 9.17) is 8.83 Å². The van der Waals surface area contributed by atoms with E-state index < -0.39 is 0 Å². The van der Waals surface area contributed by atoms with E-state index in [1.165, 1.54) is 139 Å². The fourth-order valence-electron chi connectivity index (χ4n) is 14.3. The molecule has 344 valence electrons. The zero-order valence-corrected chi connectivity index (χ0v) is 42.2. The molecule has 3 heteroatoms. The molecule has 0 atom stereocenters. The molecule has 2 aromatic heterocycles. The predicted molar refractivity (Wildman–Crippen MR) is 295 cm³/mol. The lowest BCUT2D eigenvalue weighted by atomic mass is 9.79. The predicted octanol–water partition coefficient (Wildman–Crippen LogP) is 18.8. The Hall–Kier alpha value is -7.62. The van der Waals surface area contributed by atoms with Crippen molar-refractivity contribution in [2.45, 2.75) is 90.9 Å². The van der Waals surface area contributed by atoms with Gasteiger partial charge in [0, 0.05) is 65.7 Å². The number of hydrogen-bond acceptors (Lipinski definition) is 3. The van der Waals surface area contributed by atoms with Crippen LogP contribution in [0.4, 0.5) is 17.1 Å². The average Bonchev–Trinajstić information content (AvgIpc) is 4.14. The Kier molecular flexibility index (Phi) is 7.66. The van der Waals surface area contributed by atoms with Crippen LogP contribution in [-0.4, -0.2) is 0 Å². The lowest BCUT2D eigenvalue weighted by molar-refractivity contribution is 0.649. The Morgan fingerprint density at radius 2 is 0.704 bits per heavy atom. The first kappa shape index (κ1) is 41.2. The van der Waals surface area contributed by atoms with Gasteiger partial charge in [0.1, 0.15) is 22.3 Å². The highest BCUT2D eigenvalue weighted by Crippen LogP contribution is 2.61. The summed E-state index contributed by atoms with van der Waals surface area (Å²) in [5.74, 6) is 0. The smallest absolute Gasteiger partial charge is 0.143 e. The molecule has 71 heavy (non-hydrogen) atoms. The number of para-hydroxylation sites is 3. The molecule has 0 radical (unpaired) electrons. The Morgan fingerprint density at radius 1 is 0.324 bits per heavy atom. The molecule has 0 N–H and O–H groups in total. The molecular weight excluding hydrogens is 863 g/mol. The maximum Gasteiger partial charge on any atom is 0.143 e. The van der Waals surface area contributed by atoms with Crippen molar-refractivity contribution in [2.75, 3.05) is 4.90 Å². The maximum absolute atomic E-state index is 6.74. The van der Waals surface area contributed by atoms with Gasteiger partial charge >= 0.3 is 0 Å². The van der Waals surface area contributed by atoms with Crippen molar-refractivity contribution in [2.24, 2.45) is 0 Å². The van der Waals surface area contributed by atoms with E-state index in [1.54, 1.807) is 0 Å². The molecule has 0 saturated carbocycles. The minimum atomic E-state index is -0.251. The summed E-state index contributed by atoms with van der Waals surface area (Å²) in [6.45, 7) is 23.7. The third-order valence-electron chi connectivity index (χ3n) is 18.1. The number of aryl methyl sites for hydroxylation is 2. The van der Waals surface area contributed by atoms with E-state index >= 15 is 0 Å². The number of benzene rings is 9. The Labute approximate surface area is 415 Å². The molecule has 0 amide bonds. The van der Waals surface area contributed by atoms with Gasteiger partial charge in [-0.3, -0.25) is 0 Å². The van der Waals surface area contributed by atoms with Crippen LogP contribution in [0.1, 0.15) is 111 Å². The molecule has 0 bridgehead atoms. The van der Waals surface area contributed by atoms with Gasteiger partial charge < -0.3 is 13.7 Å². The first-order chi connectivity index (χ1) is 34.0. The summed E-state index contributed by atoms with van der Waals surface area (Å²) >= 11 is 0. The number of furan rings is 2. The van der Waals surface area contributed by atoms with Crippen LogP contribution in [0, 0.1) is 13.8 Å². The Bertz CT molecular complexity index is 3990. The number of hydrogen-bond donors (Lipinski definition) is 0. The van der Waals surface area contributed by atoms with E-state index in [0.717, 1.165) is 22.3 Å². The third kappa shape index (κ3) is 5.04. The SMILES string of the molecule is Cc1cccc(C)c1N(c1ccc2c(c1)C(C)(C)c1cc3c(cc1-2)C(C)(C)c1ccc2c(oc4ccccc42)c1-3)c1ccc2c(c1)C(C)(C)c1cc3c(cc1-2)C(C)(C)c1ccc2c(oc4ccccc42)c1-3. The van der Waals surface area contributed by atoms with Crippen LogP contribution < -0.4 is 4.90 Å². The number of fused-ring (bicyclic) bond motifs is 20. The molecule has 4 aliphatic rings. The van der Waals surface area contributed by atoms with Crippen molar-refractivity contribution >= 4 is 60.9 Å². The lowest BCUT2D eigenvalue weighted by Gasteiger charge is -2.31. The second kappa shape index (κ2) is 13.2. The van der Waals surface area contributed by atoms with Gasteiger partial charge in [-0.05, 0) is 164 Å². The van der Waals surface area contributed by atoms with Crippen molar-refractivity contribution < 1.29 is 8.83 Å². The summed E-state index contributed by atoms with van der Waals surface area (Å²) in [7, 11) is 0. The first-order valence-electron chi connectivity index (χ1n) is 25.5. The quantitative estimate of drug-likeness (QED) is 0.177. The van der Waals surface area contributed by atoms with E-state index in [0.29, 0.717) is 0 Å². The molecule has 4 aliphatic carbocycles. The summed E-state index contributed by atoms with van der Waals surface area (Å²) in [4.78, 5) is 2.54. The molecule has 9 aromatic carbocycles. The molecule has 0 unspecified atom stereocenters. The largest absolute Gasteiger partial charge is 0.455 e. The number of nitrogens with zero attached hydrogens (tertiary/aromatic N) is 1. The van der Waals surface area contributed by atoms with Crippen LogP contribution in [0.2, 0.25) is 0 Å². The van der Waals surface area contributed by atoms with Gasteiger partial charge in [-0.15, -0.1) is 0 Å². The summed E-state index contributed by atoms with van der Waals surface area (Å²) in [5, 5.41) is 4.71. The minimum Gasteiger partial charge on any atom is -0.455 e. The van der Waals surface area contributed by atoms with Gasteiger partial charge in [0.15, 0.2) is 0 Å². The first-order valence-corrected chi connectivity index (χ1v) is 25.5. The van der Waals surface area contributed by atoms with Gasteiger partial charge in [-0.1, -0.05) is 146 Å². The van der Waals surface area contributed by atoms with Crippen LogP contribution in [-0.2, 0) is 21.7 Å². The highest BCUT2D eigenvalue weighted by molar-refractivity contribution is 6.13. The summed E-state index contributed by atoms with van der Waals surface area (Å²) in [5.41, 5.74) is 30.4. The lowest BCUT2D eigenvalue weighted by Crippen LogP contribution is -2.19. The normalized spacial score (nSPS) is 16.5. The molecule has 3 nitrogen and oxygen atoms in total. The van der Waals surface area contributed by atoms with Crippen LogP contribution in [0.3, 0.4) is 0 Å². The van der Waals surface area contributed by atoms with Crippen LogP contribution in [0.25, 0.3) is 88.4 Å². The molecule has 0 aliphatic heterocycles. The number of anilines is 3. The third-order valence-corrected chi connectivity index (χ3v) is 18.1. The van der Waals surface area contributed by atoms with Gasteiger partial charge in [0.2, 0.25) is 0 Å². The van der Waals surface area contributed by atoms with Gasteiger partial charge in [-0.2, -0.15) is 0 Å². The molecule has 15 rings (SSSR count). The Morgan fingerprint density at radius 3 is 1.15 bits per heavy atom. The molecular formula is C68H55NO2. The van der Waals surface area contributed by atoms with Crippen LogP contribution in [0.5, 0.6) is 0 Å². The van der Waals surface area contributed by atoms with Crippen LogP contribution in [0.15, 0.2) is 160 Å². The van der Waals surface area contributed by atoms with Gasteiger partial charge in [0.05, 0.1) is 5.69 Å². The van der Waals surface area contributed by atoms with Crippen molar-refractivity contribution in [3.8, 4) is 44.5 Å². The standard InChI is InChI=1S/C68H55NO2/c1-36-16-15-17-37(2)62(36)69(38-22-24-40-46-32-56-48(34-54(46)67(7,8)52(40)30-38)60-50(65(56,3)4)28-26-44-42-18-11-13-20-58(42)70-63(44)60)39-23-25-41-47-33-57-49(35-55(47)68(9,10)53(41)31-39)61-51(66(57,5)6)29-27-45-43-19-12-14-21-59(43)71-64(45)61/h11-35H,1-10H3. The molecule has 0 fully saturated rings. The van der Waals surface area contributed by atoms with Crippen molar-refractivity contribution in [3.63, 3.8) is 0 Å². The molecule has 11 aromatic rings. The summed E-state index contributed by atoms with van der Waals surface area (Å²) in [6, 6.07) is 57.5. The highest BCUT2D eigenvalue weighted by atomic mass is 16.3. The maximum atomic E-state index is 6.74. The topological polar surface area (TPSA) is 29.5 Å². The summed E-state index contributed by atoms with van der Waals surface area (Å²) in [6.07, 6.45) is 0. The zero-order chi connectivity index (χ0) is 48.4. The molecule has 2 heterocycles. The molecule has 0 spiro atoms. The van der Waals surface area contributed by atoms with Crippen molar-refractivity contribution in [1.82, 2.24) is 0 Å². The Balaban J connectivity index is 0.870. The van der Waals surface area contributed by atoms with E-state index in [9.17, 15) is 0 Å². The van der Waals surface area contributed by atoms with Crippen molar-refractivity contribution in [1.29, 1.82) is 0 Å². The van der Waals surface area contributed by atoms with Gasteiger partial charge in [0.25, 0.3) is 0 Å². The summed E-state index contributed by atoms with van der Waals surface area (Å²) < 4.78 is 13.5. The average molecular weight is 918 g/mol. The van der Waals surface area contributed by atoms with Gasteiger partial charge in [-0.25, -0.2) is 0 Å². The fraction of sp³-hybridized carbons (Fsp3) is 0.206. The highest BCUT2D eigenvalue weighted by Gasteiger charge is 2.45.